The van der Waals surface area contributed by atoms with Crippen LogP contribution >= 0.6 is 0 Å². The summed E-state index contributed by atoms with van der Waals surface area (Å²) in [6.07, 6.45) is 2.10. The molecule has 0 spiro atoms. The lowest BCUT2D eigenvalue weighted by Gasteiger charge is -2.13. The molecule has 1 aliphatic rings. The molecule has 1 fully saturated rings. The zero-order chi connectivity index (χ0) is 16.1. The molecule has 0 bridgehead atoms. The lowest BCUT2D eigenvalue weighted by atomic mass is 10.1. The van der Waals surface area contributed by atoms with Crippen LogP contribution in [0.4, 0.5) is 5.69 Å². The zero-order valence-corrected chi connectivity index (χ0v) is 12.5. The Morgan fingerprint density at radius 2 is 2.05 bits per heavy atom. The molecule has 1 saturated carbocycles. The number of carbonyl (C=O) groups is 3. The number of carboxylic acid groups (broad SMARTS) is 1. The molecule has 1 aromatic carbocycles. The molecule has 118 valence electrons. The third kappa shape index (κ3) is 4.07. The number of anilines is 1. The quantitative estimate of drug-likeness (QED) is 0.775. The summed E-state index contributed by atoms with van der Waals surface area (Å²) in [7, 11) is 0. The van der Waals surface area contributed by atoms with Gasteiger partial charge in [0.15, 0.2) is 0 Å². The largest absolute Gasteiger partial charge is 0.481 e. The minimum atomic E-state index is -0.805. The molecule has 2 atom stereocenters. The maximum atomic E-state index is 12.2. The van der Waals surface area contributed by atoms with Crippen LogP contribution in [0.1, 0.15) is 43.0 Å². The summed E-state index contributed by atoms with van der Waals surface area (Å²) in [5.74, 6) is -1.54. The van der Waals surface area contributed by atoms with Crippen molar-refractivity contribution in [3.8, 4) is 0 Å². The van der Waals surface area contributed by atoms with Crippen molar-refractivity contribution in [3.63, 3.8) is 0 Å². The van der Waals surface area contributed by atoms with Gasteiger partial charge in [0.25, 0.3) is 5.91 Å². The first-order valence-electron chi connectivity index (χ1n) is 7.43. The van der Waals surface area contributed by atoms with Crippen LogP contribution in [-0.2, 0) is 9.59 Å². The van der Waals surface area contributed by atoms with Gasteiger partial charge in [-0.05, 0) is 37.5 Å². The molecule has 2 rings (SSSR count). The van der Waals surface area contributed by atoms with Crippen molar-refractivity contribution in [1.29, 1.82) is 0 Å². The Labute approximate surface area is 128 Å². The summed E-state index contributed by atoms with van der Waals surface area (Å²) in [4.78, 5) is 34.5. The number of benzene rings is 1. The van der Waals surface area contributed by atoms with E-state index in [4.69, 9.17) is 5.11 Å². The molecule has 3 N–H and O–H groups in total. The van der Waals surface area contributed by atoms with E-state index >= 15 is 0 Å². The number of carboxylic acids is 1. The molecule has 22 heavy (non-hydrogen) atoms. The Bertz CT molecular complexity index is 585. The van der Waals surface area contributed by atoms with E-state index in [9.17, 15) is 14.4 Å². The first kappa shape index (κ1) is 16.0. The minimum Gasteiger partial charge on any atom is -0.481 e. The first-order valence-corrected chi connectivity index (χ1v) is 7.43. The number of carbonyl (C=O) groups excluding carboxylic acids is 2. The van der Waals surface area contributed by atoms with Gasteiger partial charge in [-0.3, -0.25) is 14.4 Å². The van der Waals surface area contributed by atoms with Crippen LogP contribution in [0.5, 0.6) is 0 Å². The average Bonchev–Trinajstić information content (AvgIpc) is 2.96. The van der Waals surface area contributed by atoms with Crippen LogP contribution in [-0.4, -0.2) is 28.9 Å². The fraction of sp³-hybridized carbons (Fsp3) is 0.438. The molecule has 1 aliphatic carbocycles. The molecule has 0 unspecified atom stereocenters. The van der Waals surface area contributed by atoms with Crippen LogP contribution in [0, 0.1) is 5.92 Å². The molecule has 6 nitrogen and oxygen atoms in total. The fourth-order valence-electron chi connectivity index (χ4n) is 2.59. The van der Waals surface area contributed by atoms with E-state index in [1.54, 1.807) is 31.2 Å². The van der Waals surface area contributed by atoms with Gasteiger partial charge >= 0.3 is 5.97 Å². The van der Waals surface area contributed by atoms with Crippen molar-refractivity contribution < 1.29 is 19.5 Å². The topological polar surface area (TPSA) is 95.5 Å². The van der Waals surface area contributed by atoms with Crippen molar-refractivity contribution >= 4 is 23.5 Å². The van der Waals surface area contributed by atoms with Gasteiger partial charge < -0.3 is 15.7 Å². The summed E-state index contributed by atoms with van der Waals surface area (Å²) in [5.41, 5.74) is 1.03. The second-order valence-corrected chi connectivity index (χ2v) is 5.50. The maximum Gasteiger partial charge on any atom is 0.306 e. The summed E-state index contributed by atoms with van der Waals surface area (Å²) in [6.45, 7) is 1.75. The van der Waals surface area contributed by atoms with E-state index in [0.717, 1.165) is 0 Å². The number of hydrogen-bond donors (Lipinski definition) is 3. The highest BCUT2D eigenvalue weighted by Crippen LogP contribution is 2.26. The third-order valence-electron chi connectivity index (χ3n) is 3.85. The molecule has 1 aromatic rings. The molecule has 0 radical (unpaired) electrons. The molecule has 0 saturated heterocycles. The lowest BCUT2D eigenvalue weighted by molar-refractivity contribution is -0.141. The molecule has 2 amide bonds. The van der Waals surface area contributed by atoms with E-state index in [0.29, 0.717) is 36.9 Å². The van der Waals surface area contributed by atoms with Gasteiger partial charge in [-0.15, -0.1) is 0 Å². The normalized spacial score (nSPS) is 20.4. The van der Waals surface area contributed by atoms with E-state index in [1.165, 1.54) is 0 Å². The maximum absolute atomic E-state index is 12.2. The highest BCUT2D eigenvalue weighted by Gasteiger charge is 2.30. The van der Waals surface area contributed by atoms with Crippen LogP contribution in [0.2, 0.25) is 0 Å². The van der Waals surface area contributed by atoms with Crippen LogP contribution in [0.3, 0.4) is 0 Å². The number of amides is 2. The van der Waals surface area contributed by atoms with Gasteiger partial charge in [0.1, 0.15) is 0 Å². The van der Waals surface area contributed by atoms with Gasteiger partial charge in [-0.1, -0.05) is 13.0 Å². The smallest absolute Gasteiger partial charge is 0.306 e. The highest BCUT2D eigenvalue weighted by molar-refractivity contribution is 5.97. The lowest BCUT2D eigenvalue weighted by Crippen LogP contribution is -2.33. The van der Waals surface area contributed by atoms with E-state index in [-0.39, 0.29) is 23.8 Å². The number of hydrogen-bond acceptors (Lipinski definition) is 3. The summed E-state index contributed by atoms with van der Waals surface area (Å²) >= 11 is 0. The third-order valence-corrected chi connectivity index (χ3v) is 3.85. The molecule has 6 heteroatoms. The van der Waals surface area contributed by atoms with Crippen LogP contribution in [0.15, 0.2) is 24.3 Å². The van der Waals surface area contributed by atoms with E-state index < -0.39 is 5.97 Å². The molecule has 0 heterocycles. The highest BCUT2D eigenvalue weighted by atomic mass is 16.4. The Morgan fingerprint density at radius 3 is 2.68 bits per heavy atom. The van der Waals surface area contributed by atoms with E-state index in [1.807, 2.05) is 0 Å². The Kier molecular flexibility index (Phi) is 5.14. The number of nitrogens with one attached hydrogen (secondary N) is 2. The van der Waals surface area contributed by atoms with Crippen molar-refractivity contribution in [3.05, 3.63) is 29.8 Å². The standard InChI is InChI=1S/C16H20N2O4/c1-2-14(19)17-12-5-3-4-10(8-12)15(20)18-13-7-6-11(9-13)16(21)22/h3-5,8,11,13H,2,6-7,9H2,1H3,(H,17,19)(H,18,20)(H,21,22)/t11-,13+/m0/s1. The summed E-state index contributed by atoms with van der Waals surface area (Å²) < 4.78 is 0. The van der Waals surface area contributed by atoms with E-state index in [2.05, 4.69) is 10.6 Å². The molecule has 0 aliphatic heterocycles. The van der Waals surface area contributed by atoms with Crippen molar-refractivity contribution in [2.45, 2.75) is 38.6 Å². The zero-order valence-electron chi connectivity index (χ0n) is 12.5. The summed E-state index contributed by atoms with van der Waals surface area (Å²) in [6, 6.07) is 6.60. The van der Waals surface area contributed by atoms with Crippen LogP contribution in [0.25, 0.3) is 0 Å². The Morgan fingerprint density at radius 1 is 1.27 bits per heavy atom. The predicted molar refractivity (Wildman–Crippen MR) is 81.6 cm³/mol. The number of rotatable bonds is 5. The van der Waals surface area contributed by atoms with Crippen LogP contribution < -0.4 is 10.6 Å². The average molecular weight is 304 g/mol. The van der Waals surface area contributed by atoms with Gasteiger partial charge in [-0.25, -0.2) is 0 Å². The summed E-state index contributed by atoms with van der Waals surface area (Å²) in [5, 5.41) is 14.5. The predicted octanol–water partition coefficient (Wildman–Crippen LogP) is 2.02. The Balaban J connectivity index is 1.97. The van der Waals surface area contributed by atoms with Gasteiger partial charge in [0.2, 0.25) is 5.91 Å². The second kappa shape index (κ2) is 7.06. The van der Waals surface area contributed by atoms with Crippen molar-refractivity contribution in [2.75, 3.05) is 5.32 Å². The van der Waals surface area contributed by atoms with Crippen molar-refractivity contribution in [1.82, 2.24) is 5.32 Å². The monoisotopic (exact) mass is 304 g/mol. The first-order chi connectivity index (χ1) is 10.5. The van der Waals surface area contributed by atoms with Gasteiger partial charge in [0, 0.05) is 23.7 Å². The minimum absolute atomic E-state index is 0.109. The van der Waals surface area contributed by atoms with Crippen molar-refractivity contribution in [2.24, 2.45) is 5.92 Å². The van der Waals surface area contributed by atoms with Gasteiger partial charge in [0.05, 0.1) is 5.92 Å². The Hall–Kier alpha value is -2.37. The molecular weight excluding hydrogens is 284 g/mol. The van der Waals surface area contributed by atoms with Gasteiger partial charge in [-0.2, -0.15) is 0 Å². The fourth-order valence-corrected chi connectivity index (χ4v) is 2.59. The molecular formula is C16H20N2O4. The second-order valence-electron chi connectivity index (χ2n) is 5.50. The SMILES string of the molecule is CCC(=O)Nc1cccc(C(=O)N[C@@H]2CC[C@H](C(=O)O)C2)c1. The number of aliphatic carboxylic acids is 1. The molecule has 0 aromatic heterocycles.